The Morgan fingerprint density at radius 3 is 2.25 bits per heavy atom. The molecule has 0 radical (unpaired) electrons. The molecule has 0 aliphatic carbocycles. The van der Waals surface area contributed by atoms with Gasteiger partial charge in [-0.05, 0) is 25.5 Å². The van der Waals surface area contributed by atoms with Crippen LogP contribution < -0.4 is 4.90 Å². The van der Waals surface area contributed by atoms with E-state index in [9.17, 15) is 31.9 Å². The molecular weight excluding hydrogens is 285 g/mol. The van der Waals surface area contributed by atoms with Crippen molar-refractivity contribution in [3.05, 3.63) is 23.8 Å². The van der Waals surface area contributed by atoms with Gasteiger partial charge in [0.05, 0.1) is 5.69 Å². The SMILES string of the molecule is CCN(C(=O)C(F)(F)C(F)(F)F)c1cc(O)ccc1C. The maximum Gasteiger partial charge on any atom is 0.463 e. The number of aromatic hydroxyl groups is 1. The van der Waals surface area contributed by atoms with E-state index in [2.05, 4.69) is 0 Å². The molecule has 1 rings (SSSR count). The quantitative estimate of drug-likeness (QED) is 0.870. The first-order valence-corrected chi connectivity index (χ1v) is 5.58. The highest BCUT2D eigenvalue weighted by Gasteiger charge is 2.64. The van der Waals surface area contributed by atoms with Gasteiger partial charge in [0.15, 0.2) is 0 Å². The highest BCUT2D eigenvalue weighted by Crippen LogP contribution is 2.38. The molecular formula is C12H12F5NO2. The van der Waals surface area contributed by atoms with E-state index < -0.39 is 24.6 Å². The molecule has 0 saturated heterocycles. The molecule has 0 unspecified atom stereocenters. The molecule has 0 aliphatic rings. The van der Waals surface area contributed by atoms with Crippen LogP contribution in [0.15, 0.2) is 18.2 Å². The summed E-state index contributed by atoms with van der Waals surface area (Å²) in [7, 11) is 0. The molecule has 112 valence electrons. The molecule has 0 aromatic heterocycles. The number of carbonyl (C=O) groups excluding carboxylic acids is 1. The summed E-state index contributed by atoms with van der Waals surface area (Å²) in [6, 6.07) is 3.51. The molecule has 3 nitrogen and oxygen atoms in total. The van der Waals surface area contributed by atoms with E-state index in [0.717, 1.165) is 6.07 Å². The van der Waals surface area contributed by atoms with Crippen LogP contribution in [0.3, 0.4) is 0 Å². The van der Waals surface area contributed by atoms with Gasteiger partial charge in [-0.1, -0.05) is 6.07 Å². The lowest BCUT2D eigenvalue weighted by Crippen LogP contribution is -2.52. The van der Waals surface area contributed by atoms with Crippen molar-refractivity contribution in [3.8, 4) is 5.75 Å². The van der Waals surface area contributed by atoms with Crippen LogP contribution in [-0.4, -0.2) is 29.7 Å². The lowest BCUT2D eigenvalue weighted by Gasteiger charge is -2.28. The first-order valence-electron chi connectivity index (χ1n) is 5.58. The second-order valence-corrected chi connectivity index (χ2v) is 4.09. The molecule has 0 saturated carbocycles. The average molecular weight is 297 g/mol. The van der Waals surface area contributed by atoms with Crippen molar-refractivity contribution in [2.24, 2.45) is 0 Å². The zero-order valence-electron chi connectivity index (χ0n) is 10.6. The second kappa shape index (κ2) is 5.26. The molecule has 1 amide bonds. The number of anilines is 1. The van der Waals surface area contributed by atoms with Crippen LogP contribution in [0.25, 0.3) is 0 Å². The Kier molecular flexibility index (Phi) is 4.26. The minimum atomic E-state index is -5.97. The van der Waals surface area contributed by atoms with E-state index in [0.29, 0.717) is 4.90 Å². The van der Waals surface area contributed by atoms with Gasteiger partial charge in [-0.2, -0.15) is 22.0 Å². The van der Waals surface area contributed by atoms with Crippen LogP contribution in [0.4, 0.5) is 27.6 Å². The van der Waals surface area contributed by atoms with Crippen LogP contribution in [0.2, 0.25) is 0 Å². The summed E-state index contributed by atoms with van der Waals surface area (Å²) < 4.78 is 62.9. The van der Waals surface area contributed by atoms with Crippen LogP contribution in [-0.2, 0) is 4.79 Å². The number of rotatable bonds is 3. The summed E-state index contributed by atoms with van der Waals surface area (Å²) in [6.45, 7) is 2.29. The standard InChI is InChI=1S/C12H12F5NO2/c1-3-18(9-6-8(19)5-4-7(9)2)10(20)11(13,14)12(15,16)17/h4-6,19H,3H2,1-2H3. The number of phenols is 1. The number of amides is 1. The number of halogens is 5. The summed E-state index contributed by atoms with van der Waals surface area (Å²) in [4.78, 5) is 11.8. The average Bonchev–Trinajstić information content (AvgIpc) is 2.32. The van der Waals surface area contributed by atoms with Gasteiger partial charge >= 0.3 is 18.0 Å². The van der Waals surface area contributed by atoms with Crippen LogP contribution in [0.1, 0.15) is 12.5 Å². The minimum Gasteiger partial charge on any atom is -0.508 e. The second-order valence-electron chi connectivity index (χ2n) is 4.09. The number of hydrogen-bond donors (Lipinski definition) is 1. The van der Waals surface area contributed by atoms with Gasteiger partial charge in [0, 0.05) is 12.6 Å². The van der Waals surface area contributed by atoms with Gasteiger partial charge in [0.1, 0.15) is 5.75 Å². The largest absolute Gasteiger partial charge is 0.508 e. The van der Waals surface area contributed by atoms with E-state index in [1.165, 1.54) is 26.0 Å². The van der Waals surface area contributed by atoms with E-state index in [1.807, 2.05) is 0 Å². The topological polar surface area (TPSA) is 40.5 Å². The summed E-state index contributed by atoms with van der Waals surface area (Å²) in [5, 5.41) is 9.28. The van der Waals surface area contributed by atoms with E-state index in [1.54, 1.807) is 0 Å². The van der Waals surface area contributed by atoms with Gasteiger partial charge in [0.2, 0.25) is 0 Å². The maximum absolute atomic E-state index is 13.1. The summed E-state index contributed by atoms with van der Waals surface area (Å²) in [5.41, 5.74) is 0.0948. The van der Waals surface area contributed by atoms with Crippen molar-refractivity contribution in [3.63, 3.8) is 0 Å². The van der Waals surface area contributed by atoms with E-state index >= 15 is 0 Å². The number of hydrogen-bond acceptors (Lipinski definition) is 2. The van der Waals surface area contributed by atoms with Crippen molar-refractivity contribution in [2.75, 3.05) is 11.4 Å². The Labute approximate surface area is 111 Å². The summed E-state index contributed by atoms with van der Waals surface area (Å²) >= 11 is 0. The third-order valence-electron chi connectivity index (χ3n) is 2.67. The lowest BCUT2D eigenvalue weighted by atomic mass is 10.1. The Hall–Kier alpha value is -1.86. The van der Waals surface area contributed by atoms with Gasteiger partial charge in [-0.15, -0.1) is 0 Å². The van der Waals surface area contributed by atoms with Crippen molar-refractivity contribution < 1.29 is 31.9 Å². The number of benzene rings is 1. The predicted octanol–water partition coefficient (Wildman–Crippen LogP) is 3.25. The summed E-state index contributed by atoms with van der Waals surface area (Å²) in [6.07, 6.45) is -5.97. The van der Waals surface area contributed by atoms with Gasteiger partial charge in [-0.3, -0.25) is 4.79 Å². The predicted molar refractivity (Wildman–Crippen MR) is 61.9 cm³/mol. The third-order valence-corrected chi connectivity index (χ3v) is 2.67. The maximum atomic E-state index is 13.1. The number of aryl methyl sites for hydroxylation is 1. The fourth-order valence-electron chi connectivity index (χ4n) is 1.60. The van der Waals surface area contributed by atoms with Crippen molar-refractivity contribution in [2.45, 2.75) is 25.9 Å². The van der Waals surface area contributed by atoms with Gasteiger partial charge in [-0.25, -0.2) is 0 Å². The smallest absolute Gasteiger partial charge is 0.463 e. The molecule has 1 aromatic carbocycles. The molecule has 0 atom stereocenters. The van der Waals surface area contributed by atoms with Gasteiger partial charge < -0.3 is 10.0 Å². The minimum absolute atomic E-state index is 0.193. The van der Waals surface area contributed by atoms with Crippen molar-refractivity contribution in [1.82, 2.24) is 0 Å². The fourth-order valence-corrected chi connectivity index (χ4v) is 1.60. The van der Waals surface area contributed by atoms with E-state index in [-0.39, 0.29) is 17.0 Å². The zero-order chi connectivity index (χ0) is 15.7. The number of carbonyl (C=O) groups is 1. The molecule has 20 heavy (non-hydrogen) atoms. The number of alkyl halides is 5. The molecule has 0 aliphatic heterocycles. The van der Waals surface area contributed by atoms with Crippen LogP contribution >= 0.6 is 0 Å². The highest BCUT2D eigenvalue weighted by atomic mass is 19.4. The number of nitrogens with zero attached hydrogens (tertiary/aromatic N) is 1. The van der Waals surface area contributed by atoms with Crippen molar-refractivity contribution in [1.29, 1.82) is 0 Å². The first kappa shape index (κ1) is 16.2. The molecule has 0 fully saturated rings. The zero-order valence-corrected chi connectivity index (χ0v) is 10.6. The Morgan fingerprint density at radius 1 is 1.25 bits per heavy atom. The van der Waals surface area contributed by atoms with E-state index in [4.69, 9.17) is 0 Å². The molecule has 1 N–H and O–H groups in total. The number of phenolic OH excluding ortho intramolecular Hbond substituents is 1. The highest BCUT2D eigenvalue weighted by molar-refractivity contribution is 5.99. The normalized spacial score (nSPS) is 12.3. The summed E-state index contributed by atoms with van der Waals surface area (Å²) in [5.74, 6) is -8.20. The Bertz CT molecular complexity index is 513. The molecule has 1 aromatic rings. The molecule has 8 heteroatoms. The van der Waals surface area contributed by atoms with Crippen LogP contribution in [0, 0.1) is 6.92 Å². The molecule has 0 bridgehead atoms. The van der Waals surface area contributed by atoms with Crippen molar-refractivity contribution >= 4 is 11.6 Å². The Morgan fingerprint density at radius 2 is 1.80 bits per heavy atom. The van der Waals surface area contributed by atoms with Crippen LogP contribution in [0.5, 0.6) is 5.75 Å². The fraction of sp³-hybridized carbons (Fsp3) is 0.417. The Balaban J connectivity index is 3.27. The first-order chi connectivity index (χ1) is 9.02. The van der Waals surface area contributed by atoms with Gasteiger partial charge in [0.25, 0.3) is 0 Å². The molecule has 0 spiro atoms. The lowest BCUT2D eigenvalue weighted by molar-refractivity contribution is -0.268. The third kappa shape index (κ3) is 2.83. The molecule has 0 heterocycles. The monoisotopic (exact) mass is 297 g/mol.